The number of Topliss-reactive ketones (excluding diaryl/α,β-unsaturated/α-hetero) is 1. The number of ether oxygens (including phenoxy) is 3. The molecule has 0 spiro atoms. The summed E-state index contributed by atoms with van der Waals surface area (Å²) in [5, 5.41) is 19.9. The molecule has 2 rings (SSSR count). The number of ketones is 1. The average Bonchev–Trinajstić information content (AvgIpc) is 2.85. The molecule has 0 fully saturated rings. The van der Waals surface area contributed by atoms with E-state index < -0.39 is 18.2 Å². The first-order valence-electron chi connectivity index (χ1n) is 11.7. The van der Waals surface area contributed by atoms with Gasteiger partial charge < -0.3 is 24.4 Å². The van der Waals surface area contributed by atoms with E-state index in [0.717, 1.165) is 11.1 Å². The second-order valence-electron chi connectivity index (χ2n) is 9.39. The molecule has 7 nitrogen and oxygen atoms in total. The summed E-state index contributed by atoms with van der Waals surface area (Å²) in [5.41, 5.74) is 2.51. The highest BCUT2D eigenvalue weighted by molar-refractivity contribution is 5.94. The highest BCUT2D eigenvalue weighted by Gasteiger charge is 2.23. The molecule has 36 heavy (non-hydrogen) atoms. The summed E-state index contributed by atoms with van der Waals surface area (Å²) in [6.45, 7) is 14.3. The lowest BCUT2D eigenvalue weighted by atomic mass is 9.78. The zero-order chi connectivity index (χ0) is 26.9. The summed E-state index contributed by atoms with van der Waals surface area (Å²) in [5.74, 6) is 0.465. The van der Waals surface area contributed by atoms with E-state index in [4.69, 9.17) is 14.2 Å². The van der Waals surface area contributed by atoms with Crippen LogP contribution in [0.4, 0.5) is 0 Å². The number of carbonyl (C=O) groups excluding carboxylic acids is 2. The minimum absolute atomic E-state index is 0.0102. The normalized spacial score (nSPS) is 12.8. The first-order valence-corrected chi connectivity index (χ1v) is 11.7. The van der Waals surface area contributed by atoms with E-state index >= 15 is 0 Å². The summed E-state index contributed by atoms with van der Waals surface area (Å²) in [6, 6.07) is 15.2. The number of aliphatic hydroxyl groups is 2. The number of esters is 1. The Morgan fingerprint density at radius 3 is 1.64 bits per heavy atom. The topological polar surface area (TPSA) is 102 Å². The second-order valence-corrected chi connectivity index (χ2v) is 9.39. The predicted molar refractivity (Wildman–Crippen MR) is 138 cm³/mol. The van der Waals surface area contributed by atoms with Crippen LogP contribution in [0.25, 0.3) is 0 Å². The zero-order valence-electron chi connectivity index (χ0n) is 21.5. The number of carbonyl (C=O) groups is 2. The van der Waals surface area contributed by atoms with Crippen LogP contribution in [0.5, 0.6) is 11.5 Å². The van der Waals surface area contributed by atoms with Crippen molar-refractivity contribution in [3.63, 3.8) is 0 Å². The summed E-state index contributed by atoms with van der Waals surface area (Å²) < 4.78 is 16.2. The fraction of sp³-hybridized carbons (Fsp3) is 0.379. The molecule has 2 aromatic carbocycles. The Morgan fingerprint density at radius 2 is 1.22 bits per heavy atom. The molecule has 0 bridgehead atoms. The molecular formula is C29H36O7. The minimum Gasteiger partial charge on any atom is -0.491 e. The molecule has 0 heterocycles. The Hall–Kier alpha value is -3.42. The van der Waals surface area contributed by atoms with Crippen LogP contribution in [-0.4, -0.2) is 54.0 Å². The van der Waals surface area contributed by atoms with Gasteiger partial charge in [0.05, 0.1) is 6.10 Å². The Morgan fingerprint density at radius 1 is 0.778 bits per heavy atom. The van der Waals surface area contributed by atoms with Gasteiger partial charge in [0, 0.05) is 17.4 Å². The van der Waals surface area contributed by atoms with Gasteiger partial charge in [0.25, 0.3) is 0 Å². The maximum Gasteiger partial charge on any atom is 0.333 e. The van der Waals surface area contributed by atoms with Crippen molar-refractivity contribution in [2.75, 3.05) is 19.8 Å². The summed E-state index contributed by atoms with van der Waals surface area (Å²) in [7, 11) is 0. The third kappa shape index (κ3) is 8.66. The molecule has 2 aromatic rings. The number of rotatable bonds is 14. The maximum absolute atomic E-state index is 11.7. The summed E-state index contributed by atoms with van der Waals surface area (Å²) >= 11 is 0. The predicted octanol–water partition coefficient (Wildman–Crippen LogP) is 4.15. The van der Waals surface area contributed by atoms with Crippen LogP contribution in [-0.2, 0) is 19.7 Å². The molecular weight excluding hydrogens is 460 g/mol. The van der Waals surface area contributed by atoms with Crippen LogP contribution in [0, 0.1) is 0 Å². The minimum atomic E-state index is -0.946. The van der Waals surface area contributed by atoms with Gasteiger partial charge >= 0.3 is 5.97 Å². The second kappa shape index (κ2) is 13.0. The van der Waals surface area contributed by atoms with Crippen molar-refractivity contribution in [3.8, 4) is 11.5 Å². The van der Waals surface area contributed by atoms with E-state index in [1.807, 2.05) is 48.5 Å². The van der Waals surface area contributed by atoms with Crippen molar-refractivity contribution in [1.82, 2.24) is 0 Å². The Kier molecular flexibility index (Phi) is 10.4. The van der Waals surface area contributed by atoms with E-state index in [0.29, 0.717) is 17.1 Å². The Labute approximate surface area is 213 Å². The zero-order valence-corrected chi connectivity index (χ0v) is 21.5. The first kappa shape index (κ1) is 28.8. The molecule has 0 aliphatic rings. The van der Waals surface area contributed by atoms with Gasteiger partial charge in [-0.15, -0.1) is 0 Å². The third-order valence-corrected chi connectivity index (χ3v) is 5.69. The lowest BCUT2D eigenvalue weighted by molar-refractivity contribution is -0.142. The molecule has 2 N–H and O–H groups in total. The molecule has 7 heteroatoms. The number of allylic oxidation sites excluding steroid dienone is 1. The van der Waals surface area contributed by atoms with Crippen LogP contribution in [0.3, 0.4) is 0 Å². The summed E-state index contributed by atoms with van der Waals surface area (Å²) in [4.78, 5) is 23.1. The van der Waals surface area contributed by atoms with Crippen molar-refractivity contribution in [3.05, 3.63) is 84.0 Å². The lowest BCUT2D eigenvalue weighted by Crippen LogP contribution is -2.25. The molecule has 0 aliphatic carbocycles. The van der Waals surface area contributed by atoms with Crippen molar-refractivity contribution in [1.29, 1.82) is 0 Å². The van der Waals surface area contributed by atoms with E-state index in [-0.39, 0.29) is 43.0 Å². The highest BCUT2D eigenvalue weighted by atomic mass is 16.5. The molecule has 2 atom stereocenters. The van der Waals surface area contributed by atoms with E-state index in [9.17, 15) is 19.8 Å². The van der Waals surface area contributed by atoms with Crippen LogP contribution in [0.15, 0.2) is 72.8 Å². The quantitative estimate of drug-likeness (QED) is 0.299. The smallest absolute Gasteiger partial charge is 0.333 e. The molecule has 0 radical (unpaired) electrons. The van der Waals surface area contributed by atoms with Gasteiger partial charge in [0.1, 0.15) is 37.4 Å². The molecule has 0 aromatic heterocycles. The van der Waals surface area contributed by atoms with E-state index in [2.05, 4.69) is 27.0 Å². The number of hydrogen-bond acceptors (Lipinski definition) is 7. The van der Waals surface area contributed by atoms with Gasteiger partial charge in [-0.05, 0) is 54.8 Å². The highest BCUT2D eigenvalue weighted by Crippen LogP contribution is 2.33. The van der Waals surface area contributed by atoms with Gasteiger partial charge in [-0.3, -0.25) is 4.79 Å². The van der Waals surface area contributed by atoms with Gasteiger partial charge in [-0.25, -0.2) is 4.79 Å². The Bertz CT molecular complexity index is 1050. The lowest BCUT2D eigenvalue weighted by Gasteiger charge is -2.26. The first-order chi connectivity index (χ1) is 16.9. The standard InChI is InChI=1S/C29H36O7/c1-19(2)27(32)15-23(30)16-34-25-11-7-21(8-12-25)29(5,6)22-9-13-26(14-10-22)35-17-24(31)18-36-28(33)20(3)4/h7-14,23-24,30-31H,1,3,15-18H2,2,4-6H3. The van der Waals surface area contributed by atoms with Crippen LogP contribution in [0.2, 0.25) is 0 Å². The van der Waals surface area contributed by atoms with Crippen LogP contribution >= 0.6 is 0 Å². The molecule has 0 saturated carbocycles. The van der Waals surface area contributed by atoms with Crippen molar-refractivity contribution >= 4 is 11.8 Å². The fourth-order valence-electron chi connectivity index (χ4n) is 3.28. The molecule has 0 saturated heterocycles. The summed E-state index contributed by atoms with van der Waals surface area (Å²) in [6.07, 6.45) is -1.85. The molecule has 2 unspecified atom stereocenters. The van der Waals surface area contributed by atoms with Gasteiger partial charge in [0.2, 0.25) is 0 Å². The largest absolute Gasteiger partial charge is 0.491 e. The molecule has 0 amide bonds. The Balaban J connectivity index is 1.91. The van der Waals surface area contributed by atoms with Gasteiger partial charge in [-0.1, -0.05) is 51.3 Å². The van der Waals surface area contributed by atoms with Crippen LogP contribution < -0.4 is 9.47 Å². The van der Waals surface area contributed by atoms with E-state index in [1.54, 1.807) is 13.8 Å². The SMILES string of the molecule is C=C(C)C(=O)CC(O)COc1ccc(C(C)(C)c2ccc(OCC(O)COC(=O)C(=C)C)cc2)cc1. The fourth-order valence-corrected chi connectivity index (χ4v) is 3.28. The third-order valence-electron chi connectivity index (χ3n) is 5.69. The number of aliphatic hydroxyl groups excluding tert-OH is 2. The van der Waals surface area contributed by atoms with Crippen molar-refractivity contribution < 1.29 is 34.0 Å². The van der Waals surface area contributed by atoms with Crippen molar-refractivity contribution in [2.24, 2.45) is 0 Å². The molecule has 194 valence electrons. The number of hydrogen-bond donors (Lipinski definition) is 2. The number of benzene rings is 2. The van der Waals surface area contributed by atoms with Gasteiger partial charge in [0.15, 0.2) is 5.78 Å². The van der Waals surface area contributed by atoms with Crippen molar-refractivity contribution in [2.45, 2.75) is 51.7 Å². The average molecular weight is 497 g/mol. The van der Waals surface area contributed by atoms with E-state index in [1.165, 1.54) is 0 Å². The molecule has 0 aliphatic heterocycles. The maximum atomic E-state index is 11.7. The van der Waals surface area contributed by atoms with Gasteiger partial charge in [-0.2, -0.15) is 0 Å². The monoisotopic (exact) mass is 496 g/mol. The van der Waals surface area contributed by atoms with Crippen LogP contribution in [0.1, 0.15) is 45.2 Å².